The number of benzene rings is 2. The maximum atomic E-state index is 12.2. The van der Waals surface area contributed by atoms with Crippen molar-refractivity contribution >= 4 is 17.7 Å². The third kappa shape index (κ3) is 5.21. The standard InChI is InChI=1S/C23H28N4O2S/c1-15(2)22(28)24-17(4)21-25-26-23(27(21)19-11-9-16(3)10-12-19)30-14-18-7-6-8-20(13-18)29-5/h6-13,15,17H,14H2,1-5H3,(H,24,28)/t17-/m1/s1. The van der Waals surface area contributed by atoms with Gasteiger partial charge in [-0.15, -0.1) is 10.2 Å². The summed E-state index contributed by atoms with van der Waals surface area (Å²) in [6, 6.07) is 16.0. The third-order valence-corrected chi connectivity index (χ3v) is 5.72. The van der Waals surface area contributed by atoms with Gasteiger partial charge in [-0.2, -0.15) is 0 Å². The Bertz CT molecular complexity index is 999. The zero-order valence-electron chi connectivity index (χ0n) is 18.0. The number of nitrogens with zero attached hydrogens (tertiary/aromatic N) is 3. The minimum Gasteiger partial charge on any atom is -0.497 e. The first-order valence-corrected chi connectivity index (χ1v) is 11.0. The summed E-state index contributed by atoms with van der Waals surface area (Å²) >= 11 is 1.60. The van der Waals surface area contributed by atoms with Gasteiger partial charge < -0.3 is 10.1 Å². The number of carbonyl (C=O) groups excluding carboxylic acids is 1. The first-order valence-electron chi connectivity index (χ1n) is 9.97. The van der Waals surface area contributed by atoms with Gasteiger partial charge in [-0.3, -0.25) is 9.36 Å². The van der Waals surface area contributed by atoms with E-state index in [1.165, 1.54) is 5.56 Å². The summed E-state index contributed by atoms with van der Waals surface area (Å²) in [6.07, 6.45) is 0. The van der Waals surface area contributed by atoms with E-state index in [0.29, 0.717) is 5.82 Å². The Hall–Kier alpha value is -2.80. The minimum absolute atomic E-state index is 0.00783. The summed E-state index contributed by atoms with van der Waals surface area (Å²) in [5, 5.41) is 12.7. The number of hydrogen-bond acceptors (Lipinski definition) is 5. The number of aromatic nitrogens is 3. The van der Waals surface area contributed by atoms with Crippen LogP contribution >= 0.6 is 11.8 Å². The molecule has 3 rings (SSSR count). The molecule has 7 heteroatoms. The molecule has 0 aliphatic heterocycles. The number of methoxy groups -OCH3 is 1. The number of rotatable bonds is 8. The minimum atomic E-state index is -0.264. The van der Waals surface area contributed by atoms with Crippen molar-refractivity contribution in [3.05, 3.63) is 65.5 Å². The molecule has 0 aliphatic carbocycles. The quantitative estimate of drug-likeness (QED) is 0.531. The van der Waals surface area contributed by atoms with Crippen molar-refractivity contribution in [3.63, 3.8) is 0 Å². The van der Waals surface area contributed by atoms with Crippen LogP contribution in [0.25, 0.3) is 5.69 Å². The fourth-order valence-corrected chi connectivity index (χ4v) is 3.85. The monoisotopic (exact) mass is 424 g/mol. The molecule has 1 heterocycles. The number of ether oxygens (including phenoxy) is 1. The SMILES string of the molecule is COc1cccc(CSc2nnc([C@@H](C)NC(=O)C(C)C)n2-c2ccc(C)cc2)c1. The second-order valence-electron chi connectivity index (χ2n) is 7.54. The van der Waals surface area contributed by atoms with Crippen molar-refractivity contribution in [2.75, 3.05) is 7.11 Å². The van der Waals surface area contributed by atoms with Gasteiger partial charge in [-0.25, -0.2) is 0 Å². The molecule has 30 heavy (non-hydrogen) atoms. The highest BCUT2D eigenvalue weighted by Gasteiger charge is 2.22. The maximum absolute atomic E-state index is 12.2. The molecular formula is C23H28N4O2S. The predicted octanol–water partition coefficient (Wildman–Crippen LogP) is 4.71. The number of amides is 1. The van der Waals surface area contributed by atoms with Crippen LogP contribution in [0.3, 0.4) is 0 Å². The molecule has 6 nitrogen and oxygen atoms in total. The third-order valence-electron chi connectivity index (χ3n) is 4.72. The van der Waals surface area contributed by atoms with E-state index in [0.717, 1.165) is 27.9 Å². The average Bonchev–Trinajstić information content (AvgIpc) is 3.17. The smallest absolute Gasteiger partial charge is 0.223 e. The number of thioether (sulfide) groups is 1. The lowest BCUT2D eigenvalue weighted by molar-refractivity contribution is -0.124. The van der Waals surface area contributed by atoms with Crippen LogP contribution in [0.5, 0.6) is 5.75 Å². The van der Waals surface area contributed by atoms with Gasteiger partial charge >= 0.3 is 0 Å². The van der Waals surface area contributed by atoms with Crippen molar-refractivity contribution in [1.82, 2.24) is 20.1 Å². The molecule has 0 saturated heterocycles. The van der Waals surface area contributed by atoms with Crippen LogP contribution in [-0.2, 0) is 10.5 Å². The Kier molecular flexibility index (Phi) is 7.15. The van der Waals surface area contributed by atoms with E-state index in [9.17, 15) is 4.79 Å². The first kappa shape index (κ1) is 21.9. The van der Waals surface area contributed by atoms with Gasteiger partial charge in [-0.05, 0) is 43.7 Å². The molecule has 158 valence electrons. The van der Waals surface area contributed by atoms with E-state index in [1.54, 1.807) is 18.9 Å². The van der Waals surface area contributed by atoms with Crippen LogP contribution in [0.15, 0.2) is 53.7 Å². The Labute approximate surface area is 182 Å². The van der Waals surface area contributed by atoms with Gasteiger partial charge in [0.25, 0.3) is 0 Å². The summed E-state index contributed by atoms with van der Waals surface area (Å²) < 4.78 is 7.34. The zero-order chi connectivity index (χ0) is 21.7. The van der Waals surface area contributed by atoms with Crippen LogP contribution < -0.4 is 10.1 Å². The lowest BCUT2D eigenvalue weighted by atomic mass is 10.2. The number of hydrogen-bond donors (Lipinski definition) is 1. The van der Waals surface area contributed by atoms with Gasteiger partial charge in [0, 0.05) is 17.4 Å². The van der Waals surface area contributed by atoms with E-state index >= 15 is 0 Å². The molecule has 0 bridgehead atoms. The van der Waals surface area contributed by atoms with Crippen LogP contribution in [0.1, 0.15) is 43.8 Å². The van der Waals surface area contributed by atoms with Crippen molar-refractivity contribution in [1.29, 1.82) is 0 Å². The van der Waals surface area contributed by atoms with Crippen molar-refractivity contribution in [2.45, 2.75) is 44.6 Å². The molecule has 1 N–H and O–H groups in total. The highest BCUT2D eigenvalue weighted by molar-refractivity contribution is 7.98. The van der Waals surface area contributed by atoms with Crippen LogP contribution in [0, 0.1) is 12.8 Å². The second-order valence-corrected chi connectivity index (χ2v) is 8.48. The molecule has 0 fully saturated rings. The average molecular weight is 425 g/mol. The van der Waals surface area contributed by atoms with Gasteiger partial charge in [0.05, 0.1) is 13.2 Å². The highest BCUT2D eigenvalue weighted by atomic mass is 32.2. The van der Waals surface area contributed by atoms with Gasteiger partial charge in [-0.1, -0.05) is 55.4 Å². The van der Waals surface area contributed by atoms with Gasteiger partial charge in [0.15, 0.2) is 11.0 Å². The van der Waals surface area contributed by atoms with E-state index < -0.39 is 0 Å². The fourth-order valence-electron chi connectivity index (χ4n) is 2.95. The maximum Gasteiger partial charge on any atom is 0.223 e. The molecule has 0 spiro atoms. The molecule has 0 aliphatic rings. The van der Waals surface area contributed by atoms with Crippen LogP contribution in [-0.4, -0.2) is 27.8 Å². The number of aryl methyl sites for hydroxylation is 1. The van der Waals surface area contributed by atoms with Gasteiger partial charge in [0.1, 0.15) is 5.75 Å². The van der Waals surface area contributed by atoms with E-state index in [1.807, 2.05) is 43.5 Å². The van der Waals surface area contributed by atoms with Crippen molar-refractivity contribution in [3.8, 4) is 11.4 Å². The summed E-state index contributed by atoms with van der Waals surface area (Å²) in [4.78, 5) is 12.2. The predicted molar refractivity (Wildman–Crippen MR) is 120 cm³/mol. The fraction of sp³-hybridized carbons (Fsp3) is 0.348. The summed E-state index contributed by atoms with van der Waals surface area (Å²) in [6.45, 7) is 7.75. The number of nitrogens with one attached hydrogen (secondary N) is 1. The van der Waals surface area contributed by atoms with Crippen molar-refractivity contribution < 1.29 is 9.53 Å². The number of carbonyl (C=O) groups is 1. The first-order chi connectivity index (χ1) is 14.4. The Morgan fingerprint density at radius 2 is 1.87 bits per heavy atom. The second kappa shape index (κ2) is 9.80. The van der Waals surface area contributed by atoms with E-state index in [4.69, 9.17) is 4.74 Å². The zero-order valence-corrected chi connectivity index (χ0v) is 18.9. The normalized spacial score (nSPS) is 12.1. The van der Waals surface area contributed by atoms with Crippen molar-refractivity contribution in [2.24, 2.45) is 5.92 Å². The molecule has 1 aromatic heterocycles. The topological polar surface area (TPSA) is 69.0 Å². The van der Waals surface area contributed by atoms with Crippen LogP contribution in [0.4, 0.5) is 0 Å². The summed E-state index contributed by atoms with van der Waals surface area (Å²) in [7, 11) is 1.67. The van der Waals surface area contributed by atoms with E-state index in [-0.39, 0.29) is 17.9 Å². The molecule has 2 aromatic carbocycles. The Balaban J connectivity index is 1.91. The molecule has 1 atom stereocenters. The lowest BCUT2D eigenvalue weighted by Crippen LogP contribution is -2.31. The largest absolute Gasteiger partial charge is 0.497 e. The molecule has 0 unspecified atom stereocenters. The summed E-state index contributed by atoms with van der Waals surface area (Å²) in [5.41, 5.74) is 3.29. The summed E-state index contributed by atoms with van der Waals surface area (Å²) in [5.74, 6) is 2.17. The molecular weight excluding hydrogens is 396 g/mol. The van der Waals surface area contributed by atoms with Crippen LogP contribution in [0.2, 0.25) is 0 Å². The highest BCUT2D eigenvalue weighted by Crippen LogP contribution is 2.28. The molecule has 3 aromatic rings. The Morgan fingerprint density at radius 1 is 1.13 bits per heavy atom. The lowest BCUT2D eigenvalue weighted by Gasteiger charge is -2.17. The molecule has 1 amide bonds. The Morgan fingerprint density at radius 3 is 2.53 bits per heavy atom. The molecule has 0 radical (unpaired) electrons. The molecule has 0 saturated carbocycles. The van der Waals surface area contributed by atoms with E-state index in [2.05, 4.69) is 52.8 Å². The van der Waals surface area contributed by atoms with Gasteiger partial charge in [0.2, 0.25) is 5.91 Å².